The number of anilines is 2. The van der Waals surface area contributed by atoms with Crippen molar-refractivity contribution in [3.8, 4) is 11.5 Å². The van der Waals surface area contributed by atoms with E-state index in [0.717, 1.165) is 11.3 Å². The maximum atomic E-state index is 10.7. The first-order chi connectivity index (χ1) is 10.1. The van der Waals surface area contributed by atoms with Crippen LogP contribution in [-0.2, 0) is 6.54 Å². The number of carbonyl (C=O) groups is 1. The molecule has 0 saturated heterocycles. The Hall–Kier alpha value is -2.89. The van der Waals surface area contributed by atoms with Gasteiger partial charge >= 0.3 is 6.03 Å². The van der Waals surface area contributed by atoms with Crippen LogP contribution in [0.15, 0.2) is 42.5 Å². The molecule has 0 unspecified atom stereocenters. The van der Waals surface area contributed by atoms with Gasteiger partial charge in [-0.3, -0.25) is 0 Å². The second kappa shape index (κ2) is 6.51. The first kappa shape index (κ1) is 14.5. The number of methoxy groups -OCH3 is 1. The van der Waals surface area contributed by atoms with E-state index in [2.05, 4.69) is 10.6 Å². The number of nitrogens with one attached hydrogen (secondary N) is 2. The van der Waals surface area contributed by atoms with E-state index in [1.54, 1.807) is 37.4 Å². The topological polar surface area (TPSA) is 96.6 Å². The fourth-order valence-corrected chi connectivity index (χ4v) is 1.83. The molecule has 6 nitrogen and oxygen atoms in total. The van der Waals surface area contributed by atoms with E-state index >= 15 is 0 Å². The lowest BCUT2D eigenvalue weighted by molar-refractivity contribution is 0.259. The van der Waals surface area contributed by atoms with E-state index in [4.69, 9.17) is 10.5 Å². The Morgan fingerprint density at radius 2 is 1.86 bits per heavy atom. The number of carbonyl (C=O) groups excluding carboxylic acids is 1. The summed E-state index contributed by atoms with van der Waals surface area (Å²) in [5.74, 6) is 0.784. The molecule has 0 saturated carbocycles. The highest BCUT2D eigenvalue weighted by Crippen LogP contribution is 2.24. The molecular formula is C15H17N3O3. The molecule has 2 rings (SSSR count). The summed E-state index contributed by atoms with van der Waals surface area (Å²) >= 11 is 0. The van der Waals surface area contributed by atoms with Gasteiger partial charge in [0.25, 0.3) is 0 Å². The van der Waals surface area contributed by atoms with Crippen LogP contribution in [0.3, 0.4) is 0 Å². The van der Waals surface area contributed by atoms with Crippen LogP contribution in [0.2, 0.25) is 0 Å². The molecule has 2 aromatic rings. The zero-order valence-electron chi connectivity index (χ0n) is 11.6. The van der Waals surface area contributed by atoms with Crippen molar-refractivity contribution in [2.24, 2.45) is 5.73 Å². The Kier molecular flexibility index (Phi) is 4.50. The average Bonchev–Trinajstić information content (AvgIpc) is 2.47. The fraction of sp³-hybridized carbons (Fsp3) is 0.133. The summed E-state index contributed by atoms with van der Waals surface area (Å²) in [5.41, 5.74) is 7.28. The highest BCUT2D eigenvalue weighted by molar-refractivity contribution is 5.87. The SMILES string of the molecule is COc1ccc(CNc2ccc(NC(N)=O)cc2)c(O)c1. The number of urea groups is 1. The van der Waals surface area contributed by atoms with E-state index in [1.807, 2.05) is 12.1 Å². The third kappa shape index (κ3) is 4.04. The van der Waals surface area contributed by atoms with Crippen molar-refractivity contribution < 1.29 is 14.6 Å². The molecule has 21 heavy (non-hydrogen) atoms. The number of hydrogen-bond donors (Lipinski definition) is 4. The Balaban J connectivity index is 1.98. The predicted molar refractivity (Wildman–Crippen MR) is 81.6 cm³/mol. The summed E-state index contributed by atoms with van der Waals surface area (Å²) in [6.07, 6.45) is 0. The normalized spacial score (nSPS) is 9.95. The first-order valence-corrected chi connectivity index (χ1v) is 6.35. The van der Waals surface area contributed by atoms with Crippen LogP contribution in [0, 0.1) is 0 Å². The van der Waals surface area contributed by atoms with E-state index in [1.165, 1.54) is 0 Å². The van der Waals surface area contributed by atoms with Gasteiger partial charge in [-0.2, -0.15) is 0 Å². The van der Waals surface area contributed by atoms with Crippen molar-refractivity contribution in [2.75, 3.05) is 17.7 Å². The number of primary amides is 1. The summed E-state index contributed by atoms with van der Waals surface area (Å²) in [4.78, 5) is 10.7. The Morgan fingerprint density at radius 3 is 2.43 bits per heavy atom. The lowest BCUT2D eigenvalue weighted by Crippen LogP contribution is -2.19. The monoisotopic (exact) mass is 287 g/mol. The second-order valence-electron chi connectivity index (χ2n) is 4.41. The minimum Gasteiger partial charge on any atom is -0.507 e. The third-order valence-electron chi connectivity index (χ3n) is 2.93. The highest BCUT2D eigenvalue weighted by atomic mass is 16.5. The van der Waals surface area contributed by atoms with Crippen LogP contribution in [0.4, 0.5) is 16.2 Å². The molecule has 0 aliphatic heterocycles. The van der Waals surface area contributed by atoms with Crippen molar-refractivity contribution in [1.29, 1.82) is 0 Å². The number of phenolic OH excluding ortho intramolecular Hbond substituents is 1. The zero-order chi connectivity index (χ0) is 15.2. The standard InChI is InChI=1S/C15H17N3O3/c1-21-13-7-2-10(14(19)8-13)9-17-11-3-5-12(6-4-11)18-15(16)20/h2-8,17,19H,9H2,1H3,(H3,16,18,20). The average molecular weight is 287 g/mol. The molecule has 0 radical (unpaired) electrons. The van der Waals surface area contributed by atoms with Crippen LogP contribution in [-0.4, -0.2) is 18.2 Å². The van der Waals surface area contributed by atoms with Crippen LogP contribution >= 0.6 is 0 Å². The second-order valence-corrected chi connectivity index (χ2v) is 4.41. The van der Waals surface area contributed by atoms with Gasteiger partial charge in [-0.05, 0) is 36.4 Å². The van der Waals surface area contributed by atoms with Gasteiger partial charge in [0.2, 0.25) is 0 Å². The fourth-order valence-electron chi connectivity index (χ4n) is 1.83. The van der Waals surface area contributed by atoms with Gasteiger partial charge in [0.1, 0.15) is 11.5 Å². The van der Waals surface area contributed by atoms with Gasteiger partial charge in [0.05, 0.1) is 7.11 Å². The minimum absolute atomic E-state index is 0.175. The summed E-state index contributed by atoms with van der Waals surface area (Å²) in [6, 6.07) is 11.6. The maximum Gasteiger partial charge on any atom is 0.316 e. The number of aromatic hydroxyl groups is 1. The Labute approximate surface area is 122 Å². The number of phenols is 1. The van der Waals surface area contributed by atoms with Crippen molar-refractivity contribution >= 4 is 17.4 Å². The molecule has 0 bridgehead atoms. The van der Waals surface area contributed by atoms with Gasteiger partial charge in [-0.1, -0.05) is 0 Å². The van der Waals surface area contributed by atoms with E-state index in [-0.39, 0.29) is 5.75 Å². The van der Waals surface area contributed by atoms with Crippen LogP contribution in [0.1, 0.15) is 5.56 Å². The third-order valence-corrected chi connectivity index (χ3v) is 2.93. The van der Waals surface area contributed by atoms with Crippen molar-refractivity contribution in [2.45, 2.75) is 6.54 Å². The quantitative estimate of drug-likeness (QED) is 0.679. The van der Waals surface area contributed by atoms with E-state index < -0.39 is 6.03 Å². The molecule has 2 aromatic carbocycles. The lowest BCUT2D eigenvalue weighted by Gasteiger charge is -2.10. The van der Waals surface area contributed by atoms with Gasteiger partial charge in [-0.25, -0.2) is 4.79 Å². The molecular weight excluding hydrogens is 270 g/mol. The number of amides is 2. The van der Waals surface area contributed by atoms with Crippen molar-refractivity contribution in [1.82, 2.24) is 0 Å². The summed E-state index contributed by atoms with van der Waals surface area (Å²) in [5, 5.41) is 15.5. The molecule has 2 amide bonds. The summed E-state index contributed by atoms with van der Waals surface area (Å²) < 4.78 is 5.03. The molecule has 0 aliphatic carbocycles. The van der Waals surface area contributed by atoms with Gasteiger partial charge in [-0.15, -0.1) is 0 Å². The number of benzene rings is 2. The molecule has 6 heteroatoms. The highest BCUT2D eigenvalue weighted by Gasteiger charge is 2.03. The molecule has 0 spiro atoms. The number of hydrogen-bond acceptors (Lipinski definition) is 4. The van der Waals surface area contributed by atoms with Gasteiger partial charge in [0.15, 0.2) is 0 Å². The maximum absolute atomic E-state index is 10.7. The largest absolute Gasteiger partial charge is 0.507 e. The minimum atomic E-state index is -0.598. The van der Waals surface area contributed by atoms with E-state index in [9.17, 15) is 9.90 Å². The van der Waals surface area contributed by atoms with Crippen LogP contribution < -0.4 is 21.1 Å². The molecule has 110 valence electrons. The molecule has 0 aliphatic rings. The molecule has 0 fully saturated rings. The zero-order valence-corrected chi connectivity index (χ0v) is 11.6. The van der Waals surface area contributed by atoms with Crippen molar-refractivity contribution in [3.05, 3.63) is 48.0 Å². The number of ether oxygens (including phenoxy) is 1. The van der Waals surface area contributed by atoms with Crippen molar-refractivity contribution in [3.63, 3.8) is 0 Å². The van der Waals surface area contributed by atoms with Crippen LogP contribution in [0.25, 0.3) is 0 Å². The van der Waals surface area contributed by atoms with Crippen LogP contribution in [0.5, 0.6) is 11.5 Å². The van der Waals surface area contributed by atoms with E-state index in [0.29, 0.717) is 18.0 Å². The Bertz CT molecular complexity index is 627. The molecule has 0 atom stereocenters. The first-order valence-electron chi connectivity index (χ1n) is 6.35. The Morgan fingerprint density at radius 1 is 1.19 bits per heavy atom. The number of nitrogens with two attached hydrogens (primary N) is 1. The summed E-state index contributed by atoms with van der Waals surface area (Å²) in [6.45, 7) is 0.471. The van der Waals surface area contributed by atoms with Gasteiger partial charge < -0.3 is 26.2 Å². The molecule has 0 heterocycles. The summed E-state index contributed by atoms with van der Waals surface area (Å²) in [7, 11) is 1.55. The molecule has 0 aromatic heterocycles. The smallest absolute Gasteiger partial charge is 0.316 e. The van der Waals surface area contributed by atoms with Gasteiger partial charge in [0, 0.05) is 29.5 Å². The molecule has 5 N–H and O–H groups in total. The lowest BCUT2D eigenvalue weighted by atomic mass is 10.2. The predicted octanol–water partition coefficient (Wildman–Crippen LogP) is 2.50. The number of rotatable bonds is 5.